The monoisotopic (exact) mass is 329 g/mol. The number of carbonyl (C=O) groups is 2. The molecule has 1 N–H and O–H groups in total. The van der Waals surface area contributed by atoms with E-state index in [0.29, 0.717) is 17.7 Å². The largest absolute Gasteiger partial charge is 0.507 e. The van der Waals surface area contributed by atoms with Crippen LogP contribution in [-0.4, -0.2) is 21.2 Å². The first-order chi connectivity index (χ1) is 12.1. The van der Waals surface area contributed by atoms with E-state index in [9.17, 15) is 14.7 Å². The Bertz CT molecular complexity index is 1090. The van der Waals surface area contributed by atoms with Crippen molar-refractivity contribution >= 4 is 11.6 Å². The number of phenols is 1. The Morgan fingerprint density at radius 3 is 2.56 bits per heavy atom. The van der Waals surface area contributed by atoms with Crippen LogP contribution in [0.25, 0.3) is 0 Å². The summed E-state index contributed by atoms with van der Waals surface area (Å²) in [5.41, 5.74) is 4.58. The summed E-state index contributed by atoms with van der Waals surface area (Å²) in [5.74, 6) is -0.562. The maximum atomic E-state index is 13.1. The highest BCUT2D eigenvalue weighted by Gasteiger charge is 2.38. The molecule has 4 heteroatoms. The summed E-state index contributed by atoms with van der Waals surface area (Å²) in [6, 6.07) is 12.8. The number of nitrogens with zero attached hydrogens (tertiary/aromatic N) is 1. The predicted molar refractivity (Wildman–Crippen MR) is 92.5 cm³/mol. The van der Waals surface area contributed by atoms with Crippen molar-refractivity contribution < 1.29 is 14.7 Å². The molecule has 1 unspecified atom stereocenters. The van der Waals surface area contributed by atoms with Crippen LogP contribution in [0.1, 0.15) is 61.5 Å². The molecule has 3 aromatic rings. The maximum Gasteiger partial charge on any atom is 0.199 e. The lowest BCUT2D eigenvalue weighted by Gasteiger charge is -2.27. The Morgan fingerprint density at radius 1 is 0.960 bits per heavy atom. The van der Waals surface area contributed by atoms with E-state index in [1.54, 1.807) is 18.3 Å². The van der Waals surface area contributed by atoms with Gasteiger partial charge in [-0.25, -0.2) is 0 Å². The highest BCUT2D eigenvalue weighted by atomic mass is 16.3. The summed E-state index contributed by atoms with van der Waals surface area (Å²) in [4.78, 5) is 26.1. The molecule has 1 atom stereocenters. The highest BCUT2D eigenvalue weighted by Crippen LogP contribution is 2.41. The van der Waals surface area contributed by atoms with Crippen LogP contribution in [0.2, 0.25) is 0 Å². The first-order valence-corrected chi connectivity index (χ1v) is 8.30. The second kappa shape index (κ2) is 4.70. The average Bonchev–Trinajstić information content (AvgIpc) is 3.00. The number of fused-ring (bicyclic) bond motifs is 5. The quantitative estimate of drug-likeness (QED) is 0.537. The zero-order valence-electron chi connectivity index (χ0n) is 13.6. The molecule has 1 aliphatic heterocycles. The van der Waals surface area contributed by atoms with E-state index in [1.165, 1.54) is 17.2 Å². The fourth-order valence-corrected chi connectivity index (χ4v) is 4.25. The van der Waals surface area contributed by atoms with Crippen LogP contribution in [-0.2, 0) is 6.54 Å². The van der Waals surface area contributed by atoms with Crippen LogP contribution < -0.4 is 0 Å². The molecule has 122 valence electrons. The molecule has 0 spiro atoms. The van der Waals surface area contributed by atoms with Gasteiger partial charge in [-0.15, -0.1) is 0 Å². The number of carbonyl (C=O) groups excluding carboxylic acids is 2. The number of hydrogen-bond acceptors (Lipinski definition) is 3. The molecule has 2 heterocycles. The third-order valence-electron chi connectivity index (χ3n) is 5.38. The van der Waals surface area contributed by atoms with E-state index in [2.05, 4.69) is 19.1 Å². The molecule has 2 aromatic carbocycles. The Kier molecular flexibility index (Phi) is 2.67. The number of aromatic nitrogens is 1. The third-order valence-corrected chi connectivity index (χ3v) is 5.38. The molecule has 4 nitrogen and oxygen atoms in total. The summed E-state index contributed by atoms with van der Waals surface area (Å²) in [6.45, 7) is 2.71. The van der Waals surface area contributed by atoms with Gasteiger partial charge in [0.2, 0.25) is 0 Å². The smallest absolute Gasteiger partial charge is 0.199 e. The molecular formula is C21H15NO3. The van der Waals surface area contributed by atoms with Crippen LogP contribution in [0.15, 0.2) is 48.7 Å². The highest BCUT2D eigenvalue weighted by molar-refractivity contribution is 6.29. The zero-order valence-corrected chi connectivity index (χ0v) is 13.6. The third kappa shape index (κ3) is 1.71. The standard InChI is InChI=1S/C21H15NO3/c1-11-13-6-3-2-5-12(13)9-22-10-15-18(19(11)22)20(24)14-7-4-8-16(23)17(14)21(15)25/h2-8,10-11,23H,9H2,1H3. The molecule has 0 fully saturated rings. The van der Waals surface area contributed by atoms with Crippen molar-refractivity contribution in [2.75, 3.05) is 0 Å². The average molecular weight is 329 g/mol. The summed E-state index contributed by atoms with van der Waals surface area (Å²) in [5, 5.41) is 10.1. The molecule has 0 amide bonds. The lowest BCUT2D eigenvalue weighted by Crippen LogP contribution is -2.23. The summed E-state index contributed by atoms with van der Waals surface area (Å²) in [7, 11) is 0. The van der Waals surface area contributed by atoms with Gasteiger partial charge in [-0.1, -0.05) is 43.3 Å². The van der Waals surface area contributed by atoms with Gasteiger partial charge in [0.15, 0.2) is 11.6 Å². The minimum Gasteiger partial charge on any atom is -0.507 e. The van der Waals surface area contributed by atoms with Crippen LogP contribution in [0, 0.1) is 0 Å². The van der Waals surface area contributed by atoms with Crippen LogP contribution in [0.4, 0.5) is 0 Å². The van der Waals surface area contributed by atoms with E-state index in [-0.39, 0.29) is 34.4 Å². The summed E-state index contributed by atoms with van der Waals surface area (Å²) >= 11 is 0. The molecule has 1 aliphatic carbocycles. The minimum absolute atomic E-state index is 0.0318. The van der Waals surface area contributed by atoms with E-state index in [0.717, 1.165) is 5.69 Å². The van der Waals surface area contributed by atoms with Crippen LogP contribution in [0.3, 0.4) is 0 Å². The van der Waals surface area contributed by atoms with Crippen molar-refractivity contribution in [2.45, 2.75) is 19.4 Å². The number of benzene rings is 2. The van der Waals surface area contributed by atoms with E-state index >= 15 is 0 Å². The van der Waals surface area contributed by atoms with Crippen molar-refractivity contribution in [3.63, 3.8) is 0 Å². The fourth-order valence-electron chi connectivity index (χ4n) is 4.25. The second-order valence-electron chi connectivity index (χ2n) is 6.71. The minimum atomic E-state index is -0.277. The first kappa shape index (κ1) is 14.2. The van der Waals surface area contributed by atoms with Crippen molar-refractivity contribution in [1.82, 2.24) is 4.57 Å². The van der Waals surface area contributed by atoms with Gasteiger partial charge in [-0.05, 0) is 17.2 Å². The second-order valence-corrected chi connectivity index (χ2v) is 6.71. The predicted octanol–water partition coefficient (Wildman–Crippen LogP) is 3.48. The molecule has 5 rings (SSSR count). The van der Waals surface area contributed by atoms with Crippen LogP contribution >= 0.6 is 0 Å². The number of hydrogen-bond donors (Lipinski definition) is 1. The lowest BCUT2D eigenvalue weighted by atomic mass is 9.81. The van der Waals surface area contributed by atoms with Gasteiger partial charge in [0.05, 0.1) is 16.7 Å². The normalized spacial score (nSPS) is 17.6. The van der Waals surface area contributed by atoms with E-state index in [1.807, 2.05) is 16.7 Å². The molecule has 0 saturated carbocycles. The van der Waals surface area contributed by atoms with Crippen molar-refractivity contribution in [2.24, 2.45) is 0 Å². The molecule has 0 saturated heterocycles. The van der Waals surface area contributed by atoms with Gasteiger partial charge < -0.3 is 9.67 Å². The maximum absolute atomic E-state index is 13.1. The number of phenolic OH excluding ortho intramolecular Hbond substituents is 1. The SMILES string of the molecule is CC1c2ccccc2Cn2cc3c(c21)C(=O)c1cccc(O)c1C3=O. The van der Waals surface area contributed by atoms with Gasteiger partial charge in [-0.3, -0.25) is 9.59 Å². The Labute approximate surface area is 144 Å². The zero-order chi connectivity index (χ0) is 17.3. The molecule has 2 aliphatic rings. The lowest BCUT2D eigenvalue weighted by molar-refractivity contribution is 0.0977. The Morgan fingerprint density at radius 2 is 1.72 bits per heavy atom. The Balaban J connectivity index is 1.78. The molecule has 0 bridgehead atoms. The van der Waals surface area contributed by atoms with E-state index in [4.69, 9.17) is 0 Å². The number of rotatable bonds is 0. The molecule has 1 aromatic heterocycles. The topological polar surface area (TPSA) is 59.3 Å². The van der Waals surface area contributed by atoms with Gasteiger partial charge >= 0.3 is 0 Å². The van der Waals surface area contributed by atoms with Crippen molar-refractivity contribution in [3.05, 3.63) is 87.7 Å². The summed E-state index contributed by atoms with van der Waals surface area (Å²) < 4.78 is 2.01. The van der Waals surface area contributed by atoms with Gasteiger partial charge in [0.1, 0.15) is 5.75 Å². The van der Waals surface area contributed by atoms with Crippen LogP contribution in [0.5, 0.6) is 5.75 Å². The van der Waals surface area contributed by atoms with E-state index < -0.39 is 0 Å². The molecular weight excluding hydrogens is 314 g/mol. The number of ketones is 2. The van der Waals surface area contributed by atoms with Crippen molar-refractivity contribution in [1.29, 1.82) is 0 Å². The molecule has 0 radical (unpaired) electrons. The summed E-state index contributed by atoms with van der Waals surface area (Å²) in [6.07, 6.45) is 1.77. The Hall–Kier alpha value is -3.14. The molecule has 25 heavy (non-hydrogen) atoms. The fraction of sp³-hybridized carbons (Fsp3) is 0.143. The van der Waals surface area contributed by atoms with Crippen molar-refractivity contribution in [3.8, 4) is 5.75 Å². The van der Waals surface area contributed by atoms with Gasteiger partial charge in [0, 0.05) is 29.9 Å². The number of aromatic hydroxyl groups is 1. The van der Waals surface area contributed by atoms with Gasteiger partial charge in [0.25, 0.3) is 0 Å². The first-order valence-electron chi connectivity index (χ1n) is 8.30. The van der Waals surface area contributed by atoms with Gasteiger partial charge in [-0.2, -0.15) is 0 Å².